The molecule has 0 unspecified atom stereocenters. The first kappa shape index (κ1) is 20.6. The van der Waals surface area contributed by atoms with E-state index in [2.05, 4.69) is 44.1 Å². The Morgan fingerprint density at radius 1 is 1.23 bits per heavy atom. The number of fused-ring (bicyclic) bond motifs is 3. The van der Waals surface area contributed by atoms with Crippen LogP contribution in [-0.4, -0.2) is 41.3 Å². The first-order chi connectivity index (χ1) is 14.8. The number of hydrogen-bond acceptors (Lipinski definition) is 5. The summed E-state index contributed by atoms with van der Waals surface area (Å²) in [4.78, 5) is 14.8. The zero-order valence-corrected chi connectivity index (χ0v) is 18.9. The van der Waals surface area contributed by atoms with Crippen LogP contribution in [0, 0.1) is 18.3 Å². The van der Waals surface area contributed by atoms with Crippen molar-refractivity contribution in [2.75, 3.05) is 19.7 Å². The molecule has 6 nitrogen and oxygen atoms in total. The monoisotopic (exact) mass is 424 g/mol. The molecular weight excluding hydrogens is 392 g/mol. The number of nitrogens with zero attached hydrogens (tertiary/aromatic N) is 2. The number of likely N-dealkylation sites (tertiary alicyclic amines) is 1. The van der Waals surface area contributed by atoms with Gasteiger partial charge in [0.1, 0.15) is 17.1 Å². The summed E-state index contributed by atoms with van der Waals surface area (Å²) in [6.45, 7) is 10.7. The molecule has 1 aromatic heterocycles. The van der Waals surface area contributed by atoms with E-state index in [4.69, 9.17) is 14.0 Å². The molecule has 3 aliphatic heterocycles. The molecule has 0 aliphatic carbocycles. The summed E-state index contributed by atoms with van der Waals surface area (Å²) < 4.78 is 18.3. The van der Waals surface area contributed by atoms with Crippen molar-refractivity contribution in [3.8, 4) is 5.75 Å². The van der Waals surface area contributed by atoms with E-state index in [1.807, 2.05) is 11.8 Å². The van der Waals surface area contributed by atoms with Gasteiger partial charge in [-0.25, -0.2) is 0 Å². The lowest BCUT2D eigenvalue weighted by molar-refractivity contribution is -0.173. The number of aryl methyl sites for hydroxylation is 2. The minimum Gasteiger partial charge on any atom is -0.487 e. The van der Waals surface area contributed by atoms with E-state index in [0.717, 1.165) is 56.9 Å². The number of ether oxygens (including phenoxy) is 2. The largest absolute Gasteiger partial charge is 0.487 e. The van der Waals surface area contributed by atoms with Gasteiger partial charge >= 0.3 is 0 Å². The Kier molecular flexibility index (Phi) is 4.88. The van der Waals surface area contributed by atoms with E-state index in [9.17, 15) is 4.79 Å². The van der Waals surface area contributed by atoms with Gasteiger partial charge in [0.2, 0.25) is 0 Å². The van der Waals surface area contributed by atoms with Gasteiger partial charge in [-0.05, 0) is 57.1 Å². The fourth-order valence-corrected chi connectivity index (χ4v) is 5.53. The predicted molar refractivity (Wildman–Crippen MR) is 116 cm³/mol. The minimum atomic E-state index is -0.289. The van der Waals surface area contributed by atoms with Crippen LogP contribution < -0.4 is 4.74 Å². The van der Waals surface area contributed by atoms with Crippen LogP contribution >= 0.6 is 0 Å². The summed E-state index contributed by atoms with van der Waals surface area (Å²) in [7, 11) is 0. The number of piperidine rings is 1. The number of benzene rings is 1. The van der Waals surface area contributed by atoms with E-state index >= 15 is 0 Å². The molecule has 31 heavy (non-hydrogen) atoms. The molecule has 0 saturated carbocycles. The highest BCUT2D eigenvalue weighted by molar-refractivity contribution is 5.92. The summed E-state index contributed by atoms with van der Waals surface area (Å²) >= 11 is 0. The molecule has 3 aliphatic rings. The fraction of sp³-hybridized carbons (Fsp3) is 0.600. The Hall–Kier alpha value is -2.34. The summed E-state index contributed by atoms with van der Waals surface area (Å²) in [6.07, 6.45) is 3.76. The lowest BCUT2D eigenvalue weighted by atomic mass is 9.64. The van der Waals surface area contributed by atoms with E-state index in [0.29, 0.717) is 11.6 Å². The zero-order valence-electron chi connectivity index (χ0n) is 18.9. The van der Waals surface area contributed by atoms with E-state index < -0.39 is 0 Å². The fourth-order valence-electron chi connectivity index (χ4n) is 5.53. The van der Waals surface area contributed by atoms with Crippen molar-refractivity contribution >= 4 is 5.91 Å². The Balaban J connectivity index is 1.30. The Bertz CT molecular complexity index is 987. The number of amides is 1. The molecule has 2 atom stereocenters. The SMILES string of the molecule is CCc1cc(C(=O)N2CCC3(CC2)CO[C@@H]2c4ccc(C)cc4OC(C)(C)[C@H]2C3)no1. The second-order valence-corrected chi connectivity index (χ2v) is 10.1. The maximum Gasteiger partial charge on any atom is 0.276 e. The van der Waals surface area contributed by atoms with Crippen LogP contribution in [0.4, 0.5) is 0 Å². The van der Waals surface area contributed by atoms with Crippen molar-refractivity contribution in [1.82, 2.24) is 10.1 Å². The summed E-state index contributed by atoms with van der Waals surface area (Å²) in [5.74, 6) is 1.97. The number of hydrogen-bond donors (Lipinski definition) is 0. The molecule has 1 amide bonds. The third kappa shape index (κ3) is 3.55. The van der Waals surface area contributed by atoms with Crippen molar-refractivity contribution in [1.29, 1.82) is 0 Å². The molecule has 4 heterocycles. The maximum atomic E-state index is 12.8. The van der Waals surface area contributed by atoms with Crippen molar-refractivity contribution in [2.24, 2.45) is 11.3 Å². The Morgan fingerprint density at radius 2 is 2.00 bits per heavy atom. The minimum absolute atomic E-state index is 0.0291. The average Bonchev–Trinajstić information content (AvgIpc) is 3.23. The van der Waals surface area contributed by atoms with Gasteiger partial charge in [-0.2, -0.15) is 0 Å². The molecule has 1 aromatic carbocycles. The molecule has 2 saturated heterocycles. The van der Waals surface area contributed by atoms with Gasteiger partial charge < -0.3 is 18.9 Å². The third-order valence-corrected chi connectivity index (χ3v) is 7.57. The number of rotatable bonds is 2. The number of aromatic nitrogens is 1. The van der Waals surface area contributed by atoms with Gasteiger partial charge in [0.05, 0.1) is 12.7 Å². The smallest absolute Gasteiger partial charge is 0.276 e. The van der Waals surface area contributed by atoms with Gasteiger partial charge in [-0.3, -0.25) is 4.79 Å². The van der Waals surface area contributed by atoms with Gasteiger partial charge in [-0.15, -0.1) is 0 Å². The highest BCUT2D eigenvalue weighted by Gasteiger charge is 2.53. The van der Waals surface area contributed by atoms with Crippen LogP contribution in [0.5, 0.6) is 5.75 Å². The second-order valence-electron chi connectivity index (χ2n) is 10.1. The normalized spacial score (nSPS) is 26.1. The van der Waals surface area contributed by atoms with Crippen molar-refractivity contribution in [3.05, 3.63) is 46.8 Å². The second kappa shape index (κ2) is 7.37. The predicted octanol–water partition coefficient (Wildman–Crippen LogP) is 4.72. The lowest BCUT2D eigenvalue weighted by Gasteiger charge is -2.54. The standard InChI is InChI=1S/C25H32N2O4/c1-5-17-13-20(26-31-17)23(28)27-10-8-25(9-11-27)14-19-22(29-15-25)18-7-6-16(2)12-21(18)30-24(19,3)4/h6-7,12-13,19,22H,5,8-11,14-15H2,1-4H3/t19-,22+/m0/s1. The number of carbonyl (C=O) groups is 1. The van der Waals surface area contributed by atoms with Crippen LogP contribution in [0.25, 0.3) is 0 Å². The molecule has 6 heteroatoms. The van der Waals surface area contributed by atoms with Crippen LogP contribution in [0.2, 0.25) is 0 Å². The Labute approximate surface area is 183 Å². The van der Waals surface area contributed by atoms with E-state index in [1.165, 1.54) is 11.1 Å². The highest BCUT2D eigenvalue weighted by atomic mass is 16.5. The molecular formula is C25H32N2O4. The number of carbonyl (C=O) groups excluding carboxylic acids is 1. The summed E-state index contributed by atoms with van der Waals surface area (Å²) in [5, 5.41) is 3.96. The van der Waals surface area contributed by atoms with Gasteiger partial charge in [-0.1, -0.05) is 24.2 Å². The lowest BCUT2D eigenvalue weighted by Crippen LogP contribution is -2.54. The molecule has 1 spiro atoms. The summed E-state index contributed by atoms with van der Waals surface area (Å²) in [5.41, 5.74) is 2.61. The molecule has 2 aromatic rings. The van der Waals surface area contributed by atoms with E-state index in [1.54, 1.807) is 6.07 Å². The first-order valence-corrected chi connectivity index (χ1v) is 11.5. The third-order valence-electron chi connectivity index (χ3n) is 7.57. The van der Waals surface area contributed by atoms with Crippen molar-refractivity contribution in [2.45, 2.75) is 65.1 Å². The maximum absolute atomic E-state index is 12.8. The van der Waals surface area contributed by atoms with Gasteiger partial charge in [0, 0.05) is 37.1 Å². The molecule has 0 bridgehead atoms. The topological polar surface area (TPSA) is 64.8 Å². The average molecular weight is 425 g/mol. The zero-order chi connectivity index (χ0) is 21.8. The molecule has 0 N–H and O–H groups in total. The van der Waals surface area contributed by atoms with Crippen LogP contribution in [-0.2, 0) is 11.2 Å². The van der Waals surface area contributed by atoms with Crippen LogP contribution in [0.3, 0.4) is 0 Å². The molecule has 0 radical (unpaired) electrons. The quantitative estimate of drug-likeness (QED) is 0.698. The van der Waals surface area contributed by atoms with Crippen molar-refractivity contribution < 1.29 is 18.8 Å². The molecule has 166 valence electrons. The molecule has 2 fully saturated rings. The van der Waals surface area contributed by atoms with Crippen molar-refractivity contribution in [3.63, 3.8) is 0 Å². The Morgan fingerprint density at radius 3 is 2.71 bits per heavy atom. The summed E-state index contributed by atoms with van der Waals surface area (Å²) in [6, 6.07) is 8.20. The van der Waals surface area contributed by atoms with Gasteiger partial charge in [0.15, 0.2) is 5.69 Å². The van der Waals surface area contributed by atoms with E-state index in [-0.39, 0.29) is 23.0 Å². The highest BCUT2D eigenvalue weighted by Crippen LogP contribution is 2.55. The van der Waals surface area contributed by atoms with Crippen LogP contribution in [0.15, 0.2) is 28.8 Å². The van der Waals surface area contributed by atoms with Crippen LogP contribution in [0.1, 0.15) is 73.5 Å². The first-order valence-electron chi connectivity index (χ1n) is 11.5. The molecule has 5 rings (SSSR count). The van der Waals surface area contributed by atoms with Gasteiger partial charge in [0.25, 0.3) is 5.91 Å².